The Morgan fingerprint density at radius 2 is 1.73 bits per heavy atom. The van der Waals surface area contributed by atoms with Gasteiger partial charge in [-0.25, -0.2) is 0 Å². The van der Waals surface area contributed by atoms with E-state index in [-0.39, 0.29) is 4.90 Å². The first-order chi connectivity index (χ1) is 6.93. The molecule has 0 aliphatic heterocycles. The molecule has 0 aliphatic carbocycles. The topological polar surface area (TPSA) is 63.6 Å². The van der Waals surface area contributed by atoms with Crippen LogP contribution < -0.4 is 0 Å². The Hall–Kier alpha value is -0.910. The summed E-state index contributed by atoms with van der Waals surface area (Å²) in [6.07, 6.45) is -1.58. The van der Waals surface area contributed by atoms with E-state index in [1.165, 1.54) is 26.0 Å². The first-order valence-electron chi connectivity index (χ1n) is 4.60. The van der Waals surface area contributed by atoms with Gasteiger partial charge in [0.05, 0.1) is 11.0 Å². The van der Waals surface area contributed by atoms with E-state index in [9.17, 15) is 8.42 Å². The highest BCUT2D eigenvalue weighted by Crippen LogP contribution is 2.14. The molecule has 0 aliphatic rings. The first kappa shape index (κ1) is 12.2. The van der Waals surface area contributed by atoms with Gasteiger partial charge in [-0.1, -0.05) is 18.2 Å². The molecule has 0 spiro atoms. The number of hydrogen-bond acceptors (Lipinski definition) is 4. The van der Waals surface area contributed by atoms with Gasteiger partial charge in [-0.05, 0) is 26.0 Å². The molecule has 0 saturated heterocycles. The molecule has 4 nitrogen and oxygen atoms in total. The molecule has 0 aromatic heterocycles. The standard InChI is InChI=1S/C10H14O4S/c1-8(11)9(2)14-15(12,13)10-6-4-3-5-7-10/h3-9,11H,1-2H3/t8-,9+/m1/s1. The van der Waals surface area contributed by atoms with Gasteiger partial charge in [0.25, 0.3) is 10.1 Å². The summed E-state index contributed by atoms with van der Waals surface area (Å²) < 4.78 is 28.0. The van der Waals surface area contributed by atoms with Crippen molar-refractivity contribution in [1.82, 2.24) is 0 Å². The molecule has 0 unspecified atom stereocenters. The smallest absolute Gasteiger partial charge is 0.297 e. The van der Waals surface area contributed by atoms with E-state index < -0.39 is 22.3 Å². The maximum absolute atomic E-state index is 11.6. The van der Waals surface area contributed by atoms with Crippen LogP contribution >= 0.6 is 0 Å². The molecule has 1 rings (SSSR count). The predicted octanol–water partition coefficient (Wildman–Crippen LogP) is 1.16. The van der Waals surface area contributed by atoms with Crippen molar-refractivity contribution in [3.8, 4) is 0 Å². The van der Waals surface area contributed by atoms with E-state index in [0.29, 0.717) is 0 Å². The minimum absolute atomic E-state index is 0.0949. The molecule has 1 N–H and O–H groups in total. The third kappa shape index (κ3) is 3.30. The lowest BCUT2D eigenvalue weighted by molar-refractivity contribution is 0.0646. The summed E-state index contributed by atoms with van der Waals surface area (Å²) in [7, 11) is -3.76. The van der Waals surface area contributed by atoms with Crippen molar-refractivity contribution >= 4 is 10.1 Å². The van der Waals surface area contributed by atoms with Crippen molar-refractivity contribution < 1.29 is 17.7 Å². The monoisotopic (exact) mass is 230 g/mol. The second-order valence-corrected chi connectivity index (χ2v) is 4.88. The molecule has 84 valence electrons. The predicted molar refractivity (Wildman–Crippen MR) is 55.9 cm³/mol. The highest BCUT2D eigenvalue weighted by molar-refractivity contribution is 7.86. The van der Waals surface area contributed by atoms with E-state index in [2.05, 4.69) is 0 Å². The third-order valence-corrected chi connectivity index (χ3v) is 3.40. The van der Waals surface area contributed by atoms with Crippen LogP contribution in [0.2, 0.25) is 0 Å². The van der Waals surface area contributed by atoms with Gasteiger partial charge in [0.2, 0.25) is 0 Å². The Morgan fingerprint density at radius 1 is 1.20 bits per heavy atom. The molecule has 0 bridgehead atoms. The summed E-state index contributed by atoms with van der Waals surface area (Å²) in [5, 5.41) is 9.14. The number of aliphatic hydroxyl groups excluding tert-OH is 1. The normalized spacial score (nSPS) is 15.9. The zero-order valence-corrected chi connectivity index (χ0v) is 9.44. The summed E-state index contributed by atoms with van der Waals surface area (Å²) in [6.45, 7) is 2.98. The van der Waals surface area contributed by atoms with Gasteiger partial charge >= 0.3 is 0 Å². The molecule has 5 heteroatoms. The molecule has 0 saturated carbocycles. The highest BCUT2D eigenvalue weighted by Gasteiger charge is 2.21. The van der Waals surface area contributed by atoms with Crippen LogP contribution in [-0.4, -0.2) is 25.7 Å². The fourth-order valence-electron chi connectivity index (χ4n) is 0.923. The van der Waals surface area contributed by atoms with Gasteiger partial charge < -0.3 is 5.11 Å². The Kier molecular flexibility index (Phi) is 3.84. The fraction of sp³-hybridized carbons (Fsp3) is 0.400. The van der Waals surface area contributed by atoms with E-state index in [0.717, 1.165) is 0 Å². The molecule has 0 radical (unpaired) electrons. The molecule has 0 fully saturated rings. The Balaban J connectivity index is 2.86. The minimum atomic E-state index is -3.76. The minimum Gasteiger partial charge on any atom is -0.391 e. The van der Waals surface area contributed by atoms with E-state index in [1.54, 1.807) is 18.2 Å². The highest BCUT2D eigenvalue weighted by atomic mass is 32.2. The second-order valence-electron chi connectivity index (χ2n) is 3.31. The van der Waals surface area contributed by atoms with Crippen LogP contribution in [0, 0.1) is 0 Å². The molecule has 2 atom stereocenters. The van der Waals surface area contributed by atoms with Gasteiger partial charge in [0.15, 0.2) is 0 Å². The summed E-state index contributed by atoms with van der Waals surface area (Å²) in [5.41, 5.74) is 0. The molecule has 0 amide bonds. The number of hydrogen-bond donors (Lipinski definition) is 1. The van der Waals surface area contributed by atoms with Crippen LogP contribution in [-0.2, 0) is 14.3 Å². The summed E-state index contributed by atoms with van der Waals surface area (Å²) in [5.74, 6) is 0. The van der Waals surface area contributed by atoms with E-state index in [4.69, 9.17) is 9.29 Å². The first-order valence-corrected chi connectivity index (χ1v) is 6.00. The van der Waals surface area contributed by atoms with Crippen molar-refractivity contribution in [3.05, 3.63) is 30.3 Å². The van der Waals surface area contributed by atoms with Crippen LogP contribution in [0.1, 0.15) is 13.8 Å². The van der Waals surface area contributed by atoms with Crippen molar-refractivity contribution in [2.75, 3.05) is 0 Å². The molecule has 1 aromatic carbocycles. The zero-order chi connectivity index (χ0) is 11.5. The summed E-state index contributed by atoms with van der Waals surface area (Å²) >= 11 is 0. The second kappa shape index (κ2) is 4.74. The quantitative estimate of drug-likeness (QED) is 0.788. The van der Waals surface area contributed by atoms with E-state index in [1.807, 2.05) is 0 Å². The molecular formula is C10H14O4S. The fourth-order valence-corrected chi connectivity index (χ4v) is 2.08. The van der Waals surface area contributed by atoms with Crippen LogP contribution in [0.3, 0.4) is 0 Å². The molecular weight excluding hydrogens is 216 g/mol. The van der Waals surface area contributed by atoms with Crippen LogP contribution in [0.15, 0.2) is 35.2 Å². The SMILES string of the molecule is C[C@H](OS(=O)(=O)c1ccccc1)[C@@H](C)O. The average molecular weight is 230 g/mol. The maximum atomic E-state index is 11.6. The zero-order valence-electron chi connectivity index (χ0n) is 8.62. The molecule has 1 aromatic rings. The largest absolute Gasteiger partial charge is 0.391 e. The molecule has 0 heterocycles. The van der Waals surface area contributed by atoms with Crippen LogP contribution in [0.5, 0.6) is 0 Å². The lowest BCUT2D eigenvalue weighted by Crippen LogP contribution is -2.26. The lowest BCUT2D eigenvalue weighted by atomic mass is 10.3. The van der Waals surface area contributed by atoms with Gasteiger partial charge in [-0.15, -0.1) is 0 Å². The number of aliphatic hydroxyl groups is 1. The maximum Gasteiger partial charge on any atom is 0.297 e. The Morgan fingerprint density at radius 3 is 2.20 bits per heavy atom. The van der Waals surface area contributed by atoms with Gasteiger partial charge in [-0.3, -0.25) is 4.18 Å². The van der Waals surface area contributed by atoms with Gasteiger partial charge in [-0.2, -0.15) is 8.42 Å². The average Bonchev–Trinajstić information content (AvgIpc) is 2.18. The van der Waals surface area contributed by atoms with Crippen molar-refractivity contribution in [2.45, 2.75) is 31.0 Å². The molecule has 15 heavy (non-hydrogen) atoms. The summed E-state index contributed by atoms with van der Waals surface area (Å²) in [4.78, 5) is 0.0949. The summed E-state index contributed by atoms with van der Waals surface area (Å²) in [6, 6.07) is 7.85. The lowest BCUT2D eigenvalue weighted by Gasteiger charge is -2.15. The number of benzene rings is 1. The van der Waals surface area contributed by atoms with Crippen molar-refractivity contribution in [2.24, 2.45) is 0 Å². The van der Waals surface area contributed by atoms with Crippen molar-refractivity contribution in [3.63, 3.8) is 0 Å². The third-order valence-electron chi connectivity index (χ3n) is 1.99. The Labute approximate surface area is 89.6 Å². The van der Waals surface area contributed by atoms with Crippen LogP contribution in [0.4, 0.5) is 0 Å². The Bertz CT molecular complexity index is 397. The van der Waals surface area contributed by atoms with Crippen molar-refractivity contribution in [1.29, 1.82) is 0 Å². The number of rotatable bonds is 4. The van der Waals surface area contributed by atoms with Gasteiger partial charge in [0, 0.05) is 0 Å². The van der Waals surface area contributed by atoms with Crippen LogP contribution in [0.25, 0.3) is 0 Å². The van der Waals surface area contributed by atoms with Gasteiger partial charge in [0.1, 0.15) is 6.10 Å². The van der Waals surface area contributed by atoms with E-state index >= 15 is 0 Å².